The number of hydrogen-bond donors (Lipinski definition) is 3. The van der Waals surface area contributed by atoms with Gasteiger partial charge in [-0.1, -0.05) is 5.16 Å². The predicted molar refractivity (Wildman–Crippen MR) is 31.1 cm³/mol. The average Bonchev–Trinajstić information content (AvgIpc) is 2.37. The van der Waals surface area contributed by atoms with Gasteiger partial charge in [-0.25, -0.2) is 4.98 Å². The number of imidazole rings is 1. The Bertz CT molecular complexity index is 202. The molecule has 0 saturated carbocycles. The molecule has 0 spiro atoms. The highest BCUT2D eigenvalue weighted by Crippen LogP contribution is 1.84. The van der Waals surface area contributed by atoms with Crippen LogP contribution in [0.3, 0.4) is 0 Å². The molecule has 5 heteroatoms. The van der Waals surface area contributed by atoms with Crippen LogP contribution in [0.25, 0.3) is 0 Å². The first-order valence-electron chi connectivity index (χ1n) is 2.32. The molecule has 0 bridgehead atoms. The molecule has 0 aromatic carbocycles. The molecule has 1 aromatic rings. The molecule has 0 aliphatic carbocycles. The molecule has 1 rings (SSSR count). The zero-order valence-electron chi connectivity index (χ0n) is 4.57. The quantitative estimate of drug-likeness (QED) is 0.205. The molecule has 48 valence electrons. The number of nitrogens with two attached hydrogens (primary N) is 1. The van der Waals surface area contributed by atoms with Gasteiger partial charge in [-0.3, -0.25) is 0 Å². The summed E-state index contributed by atoms with van der Waals surface area (Å²) in [6.45, 7) is 0. The molecule has 9 heavy (non-hydrogen) atoms. The minimum Gasteiger partial charge on any atom is -0.409 e. The largest absolute Gasteiger partial charge is 0.409 e. The minimum atomic E-state index is -0.0139. The summed E-state index contributed by atoms with van der Waals surface area (Å²) >= 11 is 0. The molecule has 0 atom stereocenters. The molecule has 0 amide bonds. The van der Waals surface area contributed by atoms with E-state index in [1.54, 1.807) is 6.20 Å². The topological polar surface area (TPSA) is 87.3 Å². The molecule has 0 unspecified atom stereocenters. The van der Waals surface area contributed by atoms with E-state index in [1.807, 2.05) is 0 Å². The van der Waals surface area contributed by atoms with Gasteiger partial charge in [-0.15, -0.1) is 0 Å². The fourth-order valence-electron chi connectivity index (χ4n) is 0.453. The molecular formula is C4H6N4O. The zero-order chi connectivity index (χ0) is 6.69. The lowest BCUT2D eigenvalue weighted by atomic mass is 10.6. The van der Waals surface area contributed by atoms with Crippen molar-refractivity contribution < 1.29 is 5.21 Å². The second kappa shape index (κ2) is 2.17. The van der Waals surface area contributed by atoms with Gasteiger partial charge in [0.15, 0.2) is 5.82 Å². The van der Waals surface area contributed by atoms with Crippen LogP contribution < -0.4 is 5.73 Å². The smallest absolute Gasteiger partial charge is 0.205 e. The van der Waals surface area contributed by atoms with Crippen LogP contribution in [-0.2, 0) is 0 Å². The van der Waals surface area contributed by atoms with E-state index in [0.717, 1.165) is 0 Å². The lowest BCUT2D eigenvalue weighted by Crippen LogP contribution is -2.14. The van der Waals surface area contributed by atoms with E-state index in [4.69, 9.17) is 10.9 Å². The third-order valence-corrected chi connectivity index (χ3v) is 0.849. The number of amidine groups is 1. The summed E-state index contributed by atoms with van der Waals surface area (Å²) in [6, 6.07) is 0. The second-order valence-electron chi connectivity index (χ2n) is 1.42. The van der Waals surface area contributed by atoms with Crippen molar-refractivity contribution in [3.63, 3.8) is 0 Å². The Morgan fingerprint density at radius 2 is 2.67 bits per heavy atom. The van der Waals surface area contributed by atoms with Crippen LogP contribution in [0.4, 0.5) is 0 Å². The van der Waals surface area contributed by atoms with Crippen LogP contribution in [0.2, 0.25) is 0 Å². The Kier molecular flexibility index (Phi) is 1.35. The molecule has 5 nitrogen and oxygen atoms in total. The lowest BCUT2D eigenvalue weighted by Gasteiger charge is -1.87. The fourth-order valence-corrected chi connectivity index (χ4v) is 0.453. The Balaban J connectivity index is 2.90. The number of nitrogens with zero attached hydrogens (tertiary/aromatic N) is 2. The highest BCUT2D eigenvalue weighted by molar-refractivity contribution is 5.93. The molecule has 0 saturated heterocycles. The van der Waals surface area contributed by atoms with Crippen molar-refractivity contribution in [2.75, 3.05) is 0 Å². The SMILES string of the molecule is NC(=NO)c1ncc[nH]1. The number of rotatable bonds is 1. The van der Waals surface area contributed by atoms with Gasteiger partial charge < -0.3 is 15.9 Å². The van der Waals surface area contributed by atoms with Gasteiger partial charge in [0.2, 0.25) is 5.84 Å². The Morgan fingerprint density at radius 3 is 3.11 bits per heavy atom. The van der Waals surface area contributed by atoms with Gasteiger partial charge in [-0.05, 0) is 0 Å². The van der Waals surface area contributed by atoms with Crippen molar-refractivity contribution in [1.82, 2.24) is 9.97 Å². The monoisotopic (exact) mass is 126 g/mol. The van der Waals surface area contributed by atoms with Crippen molar-refractivity contribution in [1.29, 1.82) is 0 Å². The molecule has 0 fully saturated rings. The normalized spacial score (nSPS) is 11.8. The molecule has 0 aliphatic heterocycles. The van der Waals surface area contributed by atoms with Gasteiger partial charge in [-0.2, -0.15) is 0 Å². The number of nitrogens with one attached hydrogen (secondary N) is 1. The maximum atomic E-state index is 8.11. The van der Waals surface area contributed by atoms with Crippen molar-refractivity contribution in [2.45, 2.75) is 0 Å². The third kappa shape index (κ3) is 0.987. The summed E-state index contributed by atoms with van der Waals surface area (Å²) in [6.07, 6.45) is 3.11. The predicted octanol–water partition coefficient (Wildman–Crippen LogP) is -0.496. The first-order chi connectivity index (χ1) is 4.34. The molecule has 4 N–H and O–H groups in total. The maximum Gasteiger partial charge on any atom is 0.205 e. The van der Waals surface area contributed by atoms with E-state index < -0.39 is 0 Å². The van der Waals surface area contributed by atoms with E-state index in [9.17, 15) is 0 Å². The maximum absolute atomic E-state index is 8.11. The van der Waals surface area contributed by atoms with E-state index in [0.29, 0.717) is 5.82 Å². The Morgan fingerprint density at radius 1 is 1.89 bits per heavy atom. The molecule has 0 radical (unpaired) electrons. The van der Waals surface area contributed by atoms with Crippen molar-refractivity contribution in [3.05, 3.63) is 18.2 Å². The minimum absolute atomic E-state index is 0.0139. The van der Waals surface area contributed by atoms with E-state index in [1.165, 1.54) is 6.20 Å². The van der Waals surface area contributed by atoms with Crippen molar-refractivity contribution in [3.8, 4) is 0 Å². The summed E-state index contributed by atoms with van der Waals surface area (Å²) in [5.74, 6) is 0.359. The van der Waals surface area contributed by atoms with Crippen molar-refractivity contribution >= 4 is 5.84 Å². The van der Waals surface area contributed by atoms with Crippen LogP contribution in [0, 0.1) is 0 Å². The molecular weight excluding hydrogens is 120 g/mol. The molecule has 0 aliphatic rings. The number of hydrogen-bond acceptors (Lipinski definition) is 3. The number of aromatic amines is 1. The van der Waals surface area contributed by atoms with Gasteiger partial charge in [0.25, 0.3) is 0 Å². The molecule has 1 heterocycles. The molecule has 1 aromatic heterocycles. The average molecular weight is 126 g/mol. The van der Waals surface area contributed by atoms with Gasteiger partial charge in [0, 0.05) is 12.4 Å². The van der Waals surface area contributed by atoms with Crippen LogP contribution >= 0.6 is 0 Å². The first kappa shape index (κ1) is 5.61. The number of H-pyrrole nitrogens is 1. The highest BCUT2D eigenvalue weighted by atomic mass is 16.4. The Labute approximate surface area is 51.2 Å². The summed E-state index contributed by atoms with van der Waals surface area (Å²) in [5.41, 5.74) is 5.14. The first-order valence-corrected chi connectivity index (χ1v) is 2.32. The standard InChI is InChI=1S/C4H6N4O/c5-3(8-9)4-6-1-2-7-4/h1-2,9H,(H2,5,8)(H,6,7). The highest BCUT2D eigenvalue weighted by Gasteiger charge is 1.97. The van der Waals surface area contributed by atoms with E-state index in [2.05, 4.69) is 15.1 Å². The van der Waals surface area contributed by atoms with Crippen LogP contribution in [0.5, 0.6) is 0 Å². The van der Waals surface area contributed by atoms with Gasteiger partial charge >= 0.3 is 0 Å². The second-order valence-corrected chi connectivity index (χ2v) is 1.42. The van der Waals surface area contributed by atoms with Crippen LogP contribution in [0.15, 0.2) is 17.5 Å². The summed E-state index contributed by atoms with van der Waals surface area (Å²) < 4.78 is 0. The van der Waals surface area contributed by atoms with Gasteiger partial charge in [0.05, 0.1) is 0 Å². The van der Waals surface area contributed by atoms with Crippen molar-refractivity contribution in [2.24, 2.45) is 10.9 Å². The fraction of sp³-hybridized carbons (Fsp3) is 0. The van der Waals surface area contributed by atoms with Crippen LogP contribution in [0.1, 0.15) is 5.82 Å². The summed E-state index contributed by atoms with van der Waals surface area (Å²) in [7, 11) is 0. The number of oxime groups is 1. The third-order valence-electron chi connectivity index (χ3n) is 0.849. The Hall–Kier alpha value is -1.52. The van der Waals surface area contributed by atoms with Crippen LogP contribution in [-0.4, -0.2) is 21.0 Å². The number of aromatic nitrogens is 2. The lowest BCUT2D eigenvalue weighted by molar-refractivity contribution is 0.318. The van der Waals surface area contributed by atoms with E-state index in [-0.39, 0.29) is 5.84 Å². The summed E-state index contributed by atoms with van der Waals surface area (Å²) in [5, 5.41) is 10.8. The zero-order valence-corrected chi connectivity index (χ0v) is 4.57. The van der Waals surface area contributed by atoms with Gasteiger partial charge in [0.1, 0.15) is 0 Å². The summed E-state index contributed by atoms with van der Waals surface area (Å²) in [4.78, 5) is 6.38. The van der Waals surface area contributed by atoms with E-state index >= 15 is 0 Å².